The third kappa shape index (κ3) is 4.57. The summed E-state index contributed by atoms with van der Waals surface area (Å²) in [6.45, 7) is 7.10. The van der Waals surface area contributed by atoms with Gasteiger partial charge in [-0.1, -0.05) is 24.6 Å². The van der Waals surface area contributed by atoms with Crippen LogP contribution in [-0.2, 0) is 10.0 Å². The molecule has 1 N–H and O–H groups in total. The van der Waals surface area contributed by atoms with Crippen LogP contribution in [0.25, 0.3) is 0 Å². The van der Waals surface area contributed by atoms with E-state index in [1.54, 1.807) is 17.0 Å². The van der Waals surface area contributed by atoms with Crippen molar-refractivity contribution in [3.05, 3.63) is 29.8 Å². The number of nitrogens with zero attached hydrogens (tertiary/aromatic N) is 2. The zero-order valence-electron chi connectivity index (χ0n) is 15.6. The van der Waals surface area contributed by atoms with E-state index in [2.05, 4.69) is 16.5 Å². The lowest BCUT2D eigenvalue weighted by Crippen LogP contribution is -2.52. The quantitative estimate of drug-likeness (QED) is 0.825. The van der Waals surface area contributed by atoms with Crippen LogP contribution in [0.15, 0.2) is 29.2 Å². The Hall–Kier alpha value is -1.60. The van der Waals surface area contributed by atoms with Crippen LogP contribution in [-0.4, -0.2) is 56.0 Å². The van der Waals surface area contributed by atoms with Crippen LogP contribution < -0.4 is 4.72 Å². The van der Waals surface area contributed by atoms with Gasteiger partial charge in [0.15, 0.2) is 0 Å². The summed E-state index contributed by atoms with van der Waals surface area (Å²) in [6.07, 6.45) is 4.88. The number of rotatable bonds is 6. The predicted molar refractivity (Wildman–Crippen MR) is 102 cm³/mol. The van der Waals surface area contributed by atoms with Gasteiger partial charge in [0.1, 0.15) is 0 Å². The topological polar surface area (TPSA) is 69.7 Å². The molecule has 0 atom stereocenters. The number of likely N-dealkylation sites (tertiary alicyclic amines) is 1. The average molecular weight is 380 g/mol. The third-order valence-electron chi connectivity index (χ3n) is 5.22. The second kappa shape index (κ2) is 7.96. The number of piperidine rings is 1. The van der Waals surface area contributed by atoms with Crippen LogP contribution in [0.3, 0.4) is 0 Å². The van der Waals surface area contributed by atoms with Gasteiger partial charge in [0.2, 0.25) is 0 Å². The first-order chi connectivity index (χ1) is 12.4. The monoisotopic (exact) mass is 379 g/mol. The minimum absolute atomic E-state index is 0.129. The van der Waals surface area contributed by atoms with Crippen LogP contribution in [0.1, 0.15) is 44.6 Å². The molecule has 1 aromatic carbocycles. The van der Waals surface area contributed by atoms with Crippen molar-refractivity contribution in [1.82, 2.24) is 14.5 Å². The standard InChI is InChI=1S/C19H29N3O3S/c1-3-12-21-13-10-17(11-14-21)22(16-6-7-16)19(23)20-26(24,25)18-8-4-15(2)5-9-18/h4-5,8-9,16-17H,3,6-7,10-14H2,1-2H3,(H,20,23). The first-order valence-corrected chi connectivity index (χ1v) is 11.0. The summed E-state index contributed by atoms with van der Waals surface area (Å²) in [5.74, 6) is 0. The van der Waals surface area contributed by atoms with Gasteiger partial charge < -0.3 is 9.80 Å². The van der Waals surface area contributed by atoms with E-state index in [1.165, 1.54) is 12.1 Å². The van der Waals surface area contributed by atoms with Crippen LogP contribution >= 0.6 is 0 Å². The molecule has 0 spiro atoms. The van der Waals surface area contributed by atoms with Crippen molar-refractivity contribution < 1.29 is 13.2 Å². The van der Waals surface area contributed by atoms with E-state index in [1.807, 2.05) is 6.92 Å². The molecule has 1 aliphatic carbocycles. The molecule has 0 unspecified atom stereocenters. The molecular formula is C19H29N3O3S. The summed E-state index contributed by atoms with van der Waals surface area (Å²) in [5.41, 5.74) is 0.980. The van der Waals surface area contributed by atoms with Crippen molar-refractivity contribution in [3.63, 3.8) is 0 Å². The van der Waals surface area contributed by atoms with Crippen LogP contribution in [0.5, 0.6) is 0 Å². The van der Waals surface area contributed by atoms with Crippen molar-refractivity contribution in [2.24, 2.45) is 0 Å². The largest absolute Gasteiger partial charge is 0.331 e. The van der Waals surface area contributed by atoms with Gasteiger partial charge in [-0.05, 0) is 57.7 Å². The number of hydrogen-bond donors (Lipinski definition) is 1. The molecule has 1 saturated heterocycles. The highest BCUT2D eigenvalue weighted by Gasteiger charge is 2.39. The van der Waals surface area contributed by atoms with Crippen molar-refractivity contribution >= 4 is 16.1 Å². The predicted octanol–water partition coefficient (Wildman–Crippen LogP) is 2.73. The first kappa shape index (κ1) is 19.2. The fourth-order valence-corrected chi connectivity index (χ4v) is 4.61. The molecule has 0 bridgehead atoms. The van der Waals surface area contributed by atoms with Gasteiger partial charge in [-0.2, -0.15) is 0 Å². The molecular weight excluding hydrogens is 350 g/mol. The van der Waals surface area contributed by atoms with E-state index >= 15 is 0 Å². The molecule has 0 aromatic heterocycles. The molecule has 0 radical (unpaired) electrons. The Labute approximate surface area is 156 Å². The fourth-order valence-electron chi connectivity index (χ4n) is 3.66. The molecule has 1 heterocycles. The van der Waals surface area contributed by atoms with E-state index in [9.17, 15) is 13.2 Å². The molecule has 6 nitrogen and oxygen atoms in total. The van der Waals surface area contributed by atoms with Crippen molar-refractivity contribution in [1.29, 1.82) is 0 Å². The minimum atomic E-state index is -3.84. The third-order valence-corrected chi connectivity index (χ3v) is 6.55. The lowest BCUT2D eigenvalue weighted by atomic mass is 10.0. The number of amides is 2. The van der Waals surface area contributed by atoms with Gasteiger partial charge in [-0.15, -0.1) is 0 Å². The van der Waals surface area contributed by atoms with Gasteiger partial charge >= 0.3 is 6.03 Å². The summed E-state index contributed by atoms with van der Waals surface area (Å²) in [6, 6.07) is 6.39. The SMILES string of the molecule is CCCN1CCC(N(C(=O)NS(=O)(=O)c2ccc(C)cc2)C2CC2)CC1. The number of sulfonamides is 1. The lowest BCUT2D eigenvalue weighted by molar-refractivity contribution is 0.119. The summed E-state index contributed by atoms with van der Waals surface area (Å²) >= 11 is 0. The average Bonchev–Trinajstić information content (AvgIpc) is 3.42. The van der Waals surface area contributed by atoms with E-state index in [0.29, 0.717) is 0 Å². The Morgan fingerprint density at radius 2 is 1.69 bits per heavy atom. The number of urea groups is 1. The highest BCUT2D eigenvalue weighted by Crippen LogP contribution is 2.32. The number of carbonyl (C=O) groups excluding carboxylic acids is 1. The summed E-state index contributed by atoms with van der Waals surface area (Å²) in [5, 5.41) is 0. The molecule has 3 rings (SSSR count). The highest BCUT2D eigenvalue weighted by molar-refractivity contribution is 7.90. The van der Waals surface area contributed by atoms with Crippen LogP contribution in [0.4, 0.5) is 4.79 Å². The van der Waals surface area contributed by atoms with Gasteiger partial charge in [-0.3, -0.25) is 0 Å². The second-order valence-corrected chi connectivity index (χ2v) is 9.12. The number of carbonyl (C=O) groups is 1. The molecule has 144 valence electrons. The molecule has 7 heteroatoms. The Morgan fingerprint density at radius 1 is 1.12 bits per heavy atom. The van der Waals surface area contributed by atoms with E-state index in [0.717, 1.165) is 57.3 Å². The molecule has 2 amide bonds. The Morgan fingerprint density at radius 3 is 2.23 bits per heavy atom. The smallest absolute Gasteiger partial charge is 0.318 e. The fraction of sp³-hybridized carbons (Fsp3) is 0.632. The Kier molecular flexibility index (Phi) is 5.87. The maximum absolute atomic E-state index is 12.8. The molecule has 26 heavy (non-hydrogen) atoms. The van der Waals surface area contributed by atoms with Gasteiger partial charge in [0.25, 0.3) is 10.0 Å². The zero-order chi connectivity index (χ0) is 18.7. The Balaban J connectivity index is 1.67. The Bertz CT molecular complexity index is 721. The maximum atomic E-state index is 12.8. The highest BCUT2D eigenvalue weighted by atomic mass is 32.2. The maximum Gasteiger partial charge on any atom is 0.331 e. The lowest BCUT2D eigenvalue weighted by Gasteiger charge is -2.38. The zero-order valence-corrected chi connectivity index (χ0v) is 16.5. The second-order valence-electron chi connectivity index (χ2n) is 7.43. The van der Waals surface area contributed by atoms with E-state index < -0.39 is 16.1 Å². The van der Waals surface area contributed by atoms with Crippen LogP contribution in [0.2, 0.25) is 0 Å². The summed E-state index contributed by atoms with van der Waals surface area (Å²) < 4.78 is 27.4. The van der Waals surface area contributed by atoms with Crippen molar-refractivity contribution in [2.45, 2.75) is 62.9 Å². The summed E-state index contributed by atoms with van der Waals surface area (Å²) in [7, 11) is -3.84. The van der Waals surface area contributed by atoms with Gasteiger partial charge in [0, 0.05) is 25.2 Å². The number of aryl methyl sites for hydroxylation is 1. The number of nitrogens with one attached hydrogen (secondary N) is 1. The molecule has 2 fully saturated rings. The molecule has 1 aromatic rings. The number of hydrogen-bond acceptors (Lipinski definition) is 4. The van der Waals surface area contributed by atoms with Crippen molar-refractivity contribution in [2.75, 3.05) is 19.6 Å². The van der Waals surface area contributed by atoms with Gasteiger partial charge in [-0.25, -0.2) is 17.9 Å². The van der Waals surface area contributed by atoms with E-state index in [4.69, 9.17) is 0 Å². The van der Waals surface area contributed by atoms with Crippen LogP contribution in [0, 0.1) is 6.92 Å². The van der Waals surface area contributed by atoms with Gasteiger partial charge in [0.05, 0.1) is 4.90 Å². The molecule has 1 aliphatic heterocycles. The van der Waals surface area contributed by atoms with Crippen molar-refractivity contribution in [3.8, 4) is 0 Å². The first-order valence-electron chi connectivity index (χ1n) is 9.55. The van der Waals surface area contributed by atoms with E-state index in [-0.39, 0.29) is 17.0 Å². The normalized spacial score (nSPS) is 19.3. The number of benzene rings is 1. The molecule has 2 aliphatic rings. The summed E-state index contributed by atoms with van der Waals surface area (Å²) in [4.78, 5) is 17.2. The minimum Gasteiger partial charge on any atom is -0.318 e. The molecule has 1 saturated carbocycles.